The summed E-state index contributed by atoms with van der Waals surface area (Å²) in [4.78, 5) is 2.48. The van der Waals surface area contributed by atoms with Gasteiger partial charge >= 0.3 is 0 Å². The molecule has 0 amide bonds. The summed E-state index contributed by atoms with van der Waals surface area (Å²) in [7, 11) is 0. The van der Waals surface area contributed by atoms with Crippen LogP contribution in [0.2, 0.25) is 0 Å². The topological polar surface area (TPSA) is 3.24 Å². The van der Waals surface area contributed by atoms with Crippen LogP contribution in [-0.2, 0) is 0 Å². The predicted molar refractivity (Wildman–Crippen MR) is 114 cm³/mol. The molecule has 1 saturated heterocycles. The lowest BCUT2D eigenvalue weighted by Gasteiger charge is -2.09. The normalized spacial score (nSPS) is 14.8. The van der Waals surface area contributed by atoms with E-state index in [-0.39, 0.29) is 0 Å². The Hall–Kier alpha value is -0.460. The molecule has 0 radical (unpaired) electrons. The van der Waals surface area contributed by atoms with Crippen molar-refractivity contribution >= 4 is 0 Å². The maximum Gasteiger partial charge on any atom is 0.0173 e. The van der Waals surface area contributed by atoms with Gasteiger partial charge in [-0.05, 0) is 31.9 Å². The number of hydrogen-bond acceptors (Lipinski definition) is 1. The van der Waals surface area contributed by atoms with Gasteiger partial charge in [-0.3, -0.25) is 0 Å². The number of allylic oxidation sites excluding steroid dienone is 1. The zero-order chi connectivity index (χ0) is 17.8. The first-order chi connectivity index (χ1) is 12.4. The van der Waals surface area contributed by atoms with Crippen molar-refractivity contribution in [2.75, 3.05) is 13.1 Å². The van der Waals surface area contributed by atoms with Crippen molar-refractivity contribution in [3.05, 3.63) is 12.3 Å². The Morgan fingerprint density at radius 3 is 1.40 bits per heavy atom. The van der Waals surface area contributed by atoms with Crippen LogP contribution in [-0.4, -0.2) is 18.0 Å². The molecule has 1 heterocycles. The van der Waals surface area contributed by atoms with E-state index in [1.165, 1.54) is 135 Å². The monoisotopic (exact) mass is 349 g/mol. The molecule has 1 aliphatic rings. The van der Waals surface area contributed by atoms with Gasteiger partial charge in [-0.2, -0.15) is 0 Å². The summed E-state index contributed by atoms with van der Waals surface area (Å²) in [5.74, 6) is 0. The van der Waals surface area contributed by atoms with Crippen molar-refractivity contribution in [3.8, 4) is 0 Å². The maximum absolute atomic E-state index is 2.48. The van der Waals surface area contributed by atoms with Crippen molar-refractivity contribution in [2.24, 2.45) is 0 Å². The van der Waals surface area contributed by atoms with Crippen LogP contribution in [0.3, 0.4) is 0 Å². The lowest BCUT2D eigenvalue weighted by molar-refractivity contribution is 0.465. The van der Waals surface area contributed by atoms with E-state index in [1.54, 1.807) is 0 Å². The second-order valence-electron chi connectivity index (χ2n) is 8.22. The number of rotatable bonds is 18. The second-order valence-corrected chi connectivity index (χ2v) is 8.22. The lowest BCUT2D eigenvalue weighted by atomic mass is 10.0. The number of hydrogen-bond donors (Lipinski definition) is 0. The average Bonchev–Trinajstić information content (AvgIpc) is 3.14. The van der Waals surface area contributed by atoms with Gasteiger partial charge in [-0.25, -0.2) is 0 Å². The van der Waals surface area contributed by atoms with Crippen LogP contribution < -0.4 is 0 Å². The van der Waals surface area contributed by atoms with Gasteiger partial charge in [0.1, 0.15) is 0 Å². The van der Waals surface area contributed by atoms with Crippen LogP contribution >= 0.6 is 0 Å². The van der Waals surface area contributed by atoms with Gasteiger partial charge in [-0.15, -0.1) is 0 Å². The SMILES string of the molecule is CCCCCCCCCCCCCCCCCCC=CN1CCCC1. The molecule has 1 aliphatic heterocycles. The zero-order valence-corrected chi connectivity index (χ0v) is 17.5. The largest absolute Gasteiger partial charge is 0.378 e. The smallest absolute Gasteiger partial charge is 0.0173 e. The van der Waals surface area contributed by atoms with Gasteiger partial charge in [0, 0.05) is 13.1 Å². The molecule has 1 heteroatoms. The van der Waals surface area contributed by atoms with Gasteiger partial charge < -0.3 is 4.90 Å². The van der Waals surface area contributed by atoms with Crippen molar-refractivity contribution in [3.63, 3.8) is 0 Å². The first-order valence-electron chi connectivity index (χ1n) is 11.8. The molecule has 1 fully saturated rings. The fourth-order valence-electron chi connectivity index (χ4n) is 3.92. The minimum absolute atomic E-state index is 1.29. The van der Waals surface area contributed by atoms with Crippen molar-refractivity contribution < 1.29 is 0 Å². The van der Waals surface area contributed by atoms with Crippen LogP contribution in [0.5, 0.6) is 0 Å². The molecule has 0 aromatic rings. The summed E-state index contributed by atoms with van der Waals surface area (Å²) in [6.07, 6.45) is 32.1. The predicted octanol–water partition coefficient (Wildman–Crippen LogP) is 8.25. The second kappa shape index (κ2) is 18.3. The molecule has 1 nitrogen and oxygen atoms in total. The molecule has 1 rings (SSSR count). The molecule has 0 saturated carbocycles. The highest BCUT2D eigenvalue weighted by atomic mass is 15.1. The van der Waals surface area contributed by atoms with Crippen molar-refractivity contribution in [2.45, 2.75) is 129 Å². The third-order valence-electron chi connectivity index (χ3n) is 5.68. The minimum Gasteiger partial charge on any atom is -0.378 e. The Labute approximate surface area is 159 Å². The first-order valence-corrected chi connectivity index (χ1v) is 11.8. The van der Waals surface area contributed by atoms with Gasteiger partial charge in [0.25, 0.3) is 0 Å². The molecule has 25 heavy (non-hydrogen) atoms. The molecule has 0 atom stereocenters. The Bertz CT molecular complexity index is 278. The van der Waals surface area contributed by atoms with E-state index >= 15 is 0 Å². The van der Waals surface area contributed by atoms with E-state index in [4.69, 9.17) is 0 Å². The van der Waals surface area contributed by atoms with E-state index < -0.39 is 0 Å². The molecule has 148 valence electrons. The van der Waals surface area contributed by atoms with Crippen LogP contribution in [0.4, 0.5) is 0 Å². The maximum atomic E-state index is 2.48. The van der Waals surface area contributed by atoms with E-state index in [2.05, 4.69) is 24.1 Å². The van der Waals surface area contributed by atoms with Gasteiger partial charge in [0.05, 0.1) is 0 Å². The molecular formula is C24H47N. The highest BCUT2D eigenvalue weighted by molar-refractivity contribution is 4.84. The number of nitrogens with zero attached hydrogens (tertiary/aromatic N) is 1. The summed E-state index contributed by atoms with van der Waals surface area (Å²) in [5.41, 5.74) is 0. The first kappa shape index (κ1) is 22.6. The van der Waals surface area contributed by atoms with E-state index in [0.717, 1.165) is 0 Å². The standard InChI is InChI=1S/C24H47N/c1-2-3-4-5-6-7-8-9-10-11-12-13-14-15-16-17-18-19-22-25-23-20-21-24-25/h19,22H,2-18,20-21,23-24H2,1H3. The van der Waals surface area contributed by atoms with Crippen LogP contribution in [0, 0.1) is 0 Å². The number of unbranched alkanes of at least 4 members (excludes halogenated alkanes) is 16. The van der Waals surface area contributed by atoms with Crippen LogP contribution in [0.15, 0.2) is 12.3 Å². The fourth-order valence-corrected chi connectivity index (χ4v) is 3.92. The highest BCUT2D eigenvalue weighted by Crippen LogP contribution is 2.14. The molecule has 0 bridgehead atoms. The van der Waals surface area contributed by atoms with Gasteiger partial charge in [0.15, 0.2) is 0 Å². The molecule has 0 aliphatic carbocycles. The Morgan fingerprint density at radius 1 is 0.560 bits per heavy atom. The van der Waals surface area contributed by atoms with Gasteiger partial charge in [-0.1, -0.05) is 109 Å². The van der Waals surface area contributed by atoms with Crippen LogP contribution in [0.1, 0.15) is 129 Å². The Morgan fingerprint density at radius 2 is 0.960 bits per heavy atom. The molecule has 0 N–H and O–H groups in total. The molecule has 0 aromatic carbocycles. The van der Waals surface area contributed by atoms with E-state index in [1.807, 2.05) is 0 Å². The minimum atomic E-state index is 1.29. The van der Waals surface area contributed by atoms with Crippen LogP contribution in [0.25, 0.3) is 0 Å². The van der Waals surface area contributed by atoms with Crippen molar-refractivity contribution in [1.29, 1.82) is 0 Å². The molecule has 0 unspecified atom stereocenters. The Kier molecular flexibility index (Phi) is 16.6. The molecule has 0 spiro atoms. The molecule has 0 aromatic heterocycles. The Balaban J connectivity index is 1.66. The van der Waals surface area contributed by atoms with Gasteiger partial charge in [0.2, 0.25) is 0 Å². The quantitative estimate of drug-likeness (QED) is 0.225. The highest BCUT2D eigenvalue weighted by Gasteiger charge is 2.05. The summed E-state index contributed by atoms with van der Waals surface area (Å²) < 4.78 is 0. The van der Waals surface area contributed by atoms with E-state index in [9.17, 15) is 0 Å². The zero-order valence-electron chi connectivity index (χ0n) is 17.5. The number of likely N-dealkylation sites (tertiary alicyclic amines) is 1. The summed E-state index contributed by atoms with van der Waals surface area (Å²) in [6.45, 7) is 4.87. The van der Waals surface area contributed by atoms with E-state index in [0.29, 0.717) is 0 Å². The fraction of sp³-hybridized carbons (Fsp3) is 0.917. The summed E-state index contributed by atoms with van der Waals surface area (Å²) in [5, 5.41) is 0. The van der Waals surface area contributed by atoms with Crippen molar-refractivity contribution in [1.82, 2.24) is 4.90 Å². The summed E-state index contributed by atoms with van der Waals surface area (Å²) >= 11 is 0. The third kappa shape index (κ3) is 15.5. The lowest BCUT2D eigenvalue weighted by Crippen LogP contribution is -2.09. The molecular weight excluding hydrogens is 302 g/mol. The average molecular weight is 350 g/mol. The summed E-state index contributed by atoms with van der Waals surface area (Å²) in [6, 6.07) is 0. The third-order valence-corrected chi connectivity index (χ3v) is 5.68.